The lowest BCUT2D eigenvalue weighted by Crippen LogP contribution is -2.05. The van der Waals surface area contributed by atoms with Gasteiger partial charge in [0.05, 0.1) is 13.2 Å². The molecule has 0 heterocycles. The molecular weight excluding hydrogens is 140 g/mol. The van der Waals surface area contributed by atoms with Crippen LogP contribution < -0.4 is 0 Å². The molecule has 0 saturated heterocycles. The third-order valence-corrected chi connectivity index (χ3v) is 1.24. The SMILES string of the molecule is CC[CH]COCCOCCC. The van der Waals surface area contributed by atoms with Crippen molar-refractivity contribution >= 4 is 0 Å². The van der Waals surface area contributed by atoms with Gasteiger partial charge < -0.3 is 9.47 Å². The molecule has 0 saturated carbocycles. The Bertz CT molecular complexity index is 56.6. The molecule has 0 aliphatic carbocycles. The predicted molar refractivity (Wildman–Crippen MR) is 46.5 cm³/mol. The van der Waals surface area contributed by atoms with Crippen LogP contribution in [0, 0.1) is 6.42 Å². The fourth-order valence-corrected chi connectivity index (χ4v) is 0.649. The highest BCUT2D eigenvalue weighted by molar-refractivity contribution is 4.57. The van der Waals surface area contributed by atoms with Gasteiger partial charge in [-0.2, -0.15) is 0 Å². The lowest BCUT2D eigenvalue weighted by atomic mass is 10.4. The lowest BCUT2D eigenvalue weighted by Gasteiger charge is -2.03. The van der Waals surface area contributed by atoms with Crippen LogP contribution in [0.3, 0.4) is 0 Å². The summed E-state index contributed by atoms with van der Waals surface area (Å²) in [5.41, 5.74) is 0. The van der Waals surface area contributed by atoms with E-state index < -0.39 is 0 Å². The molecule has 0 aliphatic rings. The van der Waals surface area contributed by atoms with Crippen molar-refractivity contribution in [3.63, 3.8) is 0 Å². The van der Waals surface area contributed by atoms with Crippen LogP contribution in [0.2, 0.25) is 0 Å². The van der Waals surface area contributed by atoms with Crippen LogP contribution in [0.25, 0.3) is 0 Å². The maximum atomic E-state index is 5.24. The zero-order chi connectivity index (χ0) is 8.36. The maximum Gasteiger partial charge on any atom is 0.0700 e. The van der Waals surface area contributed by atoms with Gasteiger partial charge in [0.15, 0.2) is 0 Å². The van der Waals surface area contributed by atoms with E-state index in [0.29, 0.717) is 0 Å². The summed E-state index contributed by atoms with van der Waals surface area (Å²) < 4.78 is 10.5. The zero-order valence-corrected chi connectivity index (χ0v) is 7.64. The molecule has 0 rings (SSSR count). The van der Waals surface area contributed by atoms with Crippen LogP contribution in [-0.2, 0) is 9.47 Å². The lowest BCUT2D eigenvalue weighted by molar-refractivity contribution is 0.0552. The van der Waals surface area contributed by atoms with Crippen molar-refractivity contribution in [2.45, 2.75) is 26.7 Å². The van der Waals surface area contributed by atoms with Crippen molar-refractivity contribution in [1.82, 2.24) is 0 Å². The second kappa shape index (κ2) is 9.92. The summed E-state index contributed by atoms with van der Waals surface area (Å²) in [7, 11) is 0. The summed E-state index contributed by atoms with van der Waals surface area (Å²) >= 11 is 0. The summed E-state index contributed by atoms with van der Waals surface area (Å²) in [5, 5.41) is 0. The van der Waals surface area contributed by atoms with Crippen LogP contribution in [0.1, 0.15) is 26.7 Å². The van der Waals surface area contributed by atoms with Gasteiger partial charge in [0, 0.05) is 13.2 Å². The largest absolute Gasteiger partial charge is 0.379 e. The van der Waals surface area contributed by atoms with Crippen molar-refractivity contribution in [1.29, 1.82) is 0 Å². The minimum absolute atomic E-state index is 0.719. The van der Waals surface area contributed by atoms with E-state index in [-0.39, 0.29) is 0 Å². The van der Waals surface area contributed by atoms with Gasteiger partial charge in [0.25, 0.3) is 0 Å². The molecule has 0 fully saturated rings. The summed E-state index contributed by atoms with van der Waals surface area (Å²) in [6.45, 7) is 7.26. The minimum atomic E-state index is 0.719. The van der Waals surface area contributed by atoms with Crippen LogP contribution in [0.15, 0.2) is 0 Å². The first kappa shape index (κ1) is 10.9. The fourth-order valence-electron chi connectivity index (χ4n) is 0.649. The van der Waals surface area contributed by atoms with Gasteiger partial charge in [-0.05, 0) is 12.8 Å². The van der Waals surface area contributed by atoms with Gasteiger partial charge in [-0.3, -0.25) is 0 Å². The third-order valence-electron chi connectivity index (χ3n) is 1.24. The van der Waals surface area contributed by atoms with E-state index in [1.54, 1.807) is 0 Å². The number of unbranched alkanes of at least 4 members (excludes halogenated alkanes) is 1. The second-order valence-electron chi connectivity index (χ2n) is 2.38. The topological polar surface area (TPSA) is 18.5 Å². The normalized spacial score (nSPS) is 10.4. The molecule has 0 amide bonds. The summed E-state index contributed by atoms with van der Waals surface area (Å²) in [4.78, 5) is 0. The average molecular weight is 159 g/mol. The van der Waals surface area contributed by atoms with Gasteiger partial charge in [-0.15, -0.1) is 0 Å². The molecule has 0 aromatic rings. The Morgan fingerprint density at radius 2 is 1.73 bits per heavy atom. The molecule has 0 aromatic carbocycles. The molecule has 0 unspecified atom stereocenters. The number of hydrogen-bond acceptors (Lipinski definition) is 2. The Morgan fingerprint density at radius 3 is 2.36 bits per heavy atom. The fraction of sp³-hybridized carbons (Fsp3) is 0.889. The molecule has 2 heteroatoms. The molecule has 0 spiro atoms. The van der Waals surface area contributed by atoms with E-state index in [4.69, 9.17) is 9.47 Å². The van der Waals surface area contributed by atoms with Gasteiger partial charge in [0.2, 0.25) is 0 Å². The molecule has 0 aromatic heterocycles. The second-order valence-corrected chi connectivity index (χ2v) is 2.38. The predicted octanol–water partition coefficient (Wildman–Crippen LogP) is 2.04. The molecule has 0 aliphatic heterocycles. The maximum absolute atomic E-state index is 5.24. The molecule has 0 N–H and O–H groups in total. The van der Waals surface area contributed by atoms with Crippen molar-refractivity contribution in [2.75, 3.05) is 26.4 Å². The number of ether oxygens (including phenoxy) is 2. The van der Waals surface area contributed by atoms with Gasteiger partial charge in [0.1, 0.15) is 0 Å². The Kier molecular flexibility index (Phi) is 9.85. The van der Waals surface area contributed by atoms with Crippen LogP contribution in [-0.4, -0.2) is 26.4 Å². The minimum Gasteiger partial charge on any atom is -0.379 e. The molecule has 2 nitrogen and oxygen atoms in total. The van der Waals surface area contributed by atoms with E-state index in [9.17, 15) is 0 Å². The van der Waals surface area contributed by atoms with E-state index >= 15 is 0 Å². The van der Waals surface area contributed by atoms with Crippen LogP contribution in [0.5, 0.6) is 0 Å². The van der Waals surface area contributed by atoms with Gasteiger partial charge in [-0.1, -0.05) is 20.3 Å². The van der Waals surface area contributed by atoms with Crippen molar-refractivity contribution in [3.05, 3.63) is 6.42 Å². The van der Waals surface area contributed by atoms with E-state index in [0.717, 1.165) is 39.3 Å². The summed E-state index contributed by atoms with van der Waals surface area (Å²) in [6, 6.07) is 0. The van der Waals surface area contributed by atoms with Crippen molar-refractivity contribution in [2.24, 2.45) is 0 Å². The first-order chi connectivity index (χ1) is 5.41. The highest BCUT2D eigenvalue weighted by Gasteiger charge is 1.87. The molecule has 0 bridgehead atoms. The first-order valence-electron chi connectivity index (χ1n) is 4.39. The molecule has 0 atom stereocenters. The smallest absolute Gasteiger partial charge is 0.0700 e. The zero-order valence-electron chi connectivity index (χ0n) is 7.64. The quantitative estimate of drug-likeness (QED) is 0.505. The Hall–Kier alpha value is -0.0800. The molecule has 11 heavy (non-hydrogen) atoms. The summed E-state index contributed by atoms with van der Waals surface area (Å²) in [5.74, 6) is 0. The molecule has 1 radical (unpaired) electrons. The standard InChI is InChI=1S/C9H19O2/c1-3-5-7-11-9-8-10-6-4-2/h5H,3-4,6-9H2,1-2H3. The van der Waals surface area contributed by atoms with Crippen LogP contribution in [0.4, 0.5) is 0 Å². The monoisotopic (exact) mass is 159 g/mol. The van der Waals surface area contributed by atoms with E-state index in [1.807, 2.05) is 0 Å². The first-order valence-corrected chi connectivity index (χ1v) is 4.39. The van der Waals surface area contributed by atoms with E-state index in [1.165, 1.54) is 0 Å². The van der Waals surface area contributed by atoms with Crippen LogP contribution >= 0.6 is 0 Å². The van der Waals surface area contributed by atoms with Crippen molar-refractivity contribution in [3.8, 4) is 0 Å². The van der Waals surface area contributed by atoms with Crippen molar-refractivity contribution < 1.29 is 9.47 Å². The average Bonchev–Trinajstić information content (AvgIpc) is 2.03. The third kappa shape index (κ3) is 9.92. The Morgan fingerprint density at radius 1 is 1.00 bits per heavy atom. The Labute approximate surface area is 69.9 Å². The molecule has 67 valence electrons. The Balaban J connectivity index is 2.69. The molecular formula is C9H19O2. The van der Waals surface area contributed by atoms with Gasteiger partial charge in [-0.25, -0.2) is 0 Å². The highest BCUT2D eigenvalue weighted by atomic mass is 16.5. The van der Waals surface area contributed by atoms with E-state index in [2.05, 4.69) is 20.3 Å². The number of rotatable bonds is 8. The van der Waals surface area contributed by atoms with Gasteiger partial charge >= 0.3 is 0 Å². The highest BCUT2D eigenvalue weighted by Crippen LogP contribution is 1.86. The number of hydrogen-bond donors (Lipinski definition) is 0. The summed E-state index contributed by atoms with van der Waals surface area (Å²) in [6.07, 6.45) is 4.27.